The van der Waals surface area contributed by atoms with Crippen molar-refractivity contribution in [3.8, 4) is 17.2 Å². The molecule has 1 amide bonds. The van der Waals surface area contributed by atoms with Crippen molar-refractivity contribution in [2.45, 2.75) is 25.4 Å². The van der Waals surface area contributed by atoms with E-state index < -0.39 is 0 Å². The highest BCUT2D eigenvalue weighted by atomic mass is 127. The quantitative estimate of drug-likeness (QED) is 0.271. The number of anilines is 1. The zero-order valence-electron chi connectivity index (χ0n) is 18.5. The Morgan fingerprint density at radius 3 is 2.68 bits per heavy atom. The molecule has 0 aromatic heterocycles. The first-order valence-electron chi connectivity index (χ1n) is 10.9. The van der Waals surface area contributed by atoms with E-state index in [9.17, 15) is 4.79 Å². The van der Waals surface area contributed by atoms with E-state index in [0.29, 0.717) is 11.5 Å². The Morgan fingerprint density at radius 2 is 1.88 bits per heavy atom. The summed E-state index contributed by atoms with van der Waals surface area (Å²) in [5.74, 6) is 2.22. The van der Waals surface area contributed by atoms with Crippen molar-refractivity contribution in [2.24, 2.45) is 0 Å². The predicted octanol–water partition coefficient (Wildman–Crippen LogP) is 5.76. The van der Waals surface area contributed by atoms with Gasteiger partial charge in [-0.05, 0) is 88.2 Å². The van der Waals surface area contributed by atoms with Gasteiger partial charge in [-0.1, -0.05) is 43.0 Å². The second kappa shape index (κ2) is 10.2. The lowest BCUT2D eigenvalue weighted by atomic mass is 10.1. The van der Waals surface area contributed by atoms with Crippen LogP contribution in [0.25, 0.3) is 6.08 Å². The molecule has 2 heterocycles. The molecule has 2 aliphatic rings. The molecule has 8 heteroatoms. The summed E-state index contributed by atoms with van der Waals surface area (Å²) in [6.07, 6.45) is 2.91. The SMILES string of the molecule is CCc1ccc(N[C@H]2NC(=O)/C(=C/c3ccc(OCc4ccc5c(c4)OCO5)c(I)c3)S2)cc1. The highest BCUT2D eigenvalue weighted by Crippen LogP contribution is 2.34. The first-order valence-corrected chi connectivity index (χ1v) is 12.9. The number of thioether (sulfide) groups is 1. The number of rotatable bonds is 7. The van der Waals surface area contributed by atoms with Crippen LogP contribution < -0.4 is 24.8 Å². The van der Waals surface area contributed by atoms with Gasteiger partial charge in [0.05, 0.1) is 8.48 Å². The van der Waals surface area contributed by atoms with Crippen molar-refractivity contribution >= 4 is 52.0 Å². The number of carbonyl (C=O) groups is 1. The van der Waals surface area contributed by atoms with Crippen LogP contribution in [-0.2, 0) is 17.8 Å². The van der Waals surface area contributed by atoms with Crippen LogP contribution in [0.2, 0.25) is 0 Å². The molecule has 34 heavy (non-hydrogen) atoms. The number of fused-ring (bicyclic) bond motifs is 1. The molecule has 1 atom stereocenters. The maximum Gasteiger partial charge on any atom is 0.260 e. The zero-order chi connectivity index (χ0) is 23.5. The first-order chi connectivity index (χ1) is 16.6. The molecular weight excluding hydrogens is 563 g/mol. The molecule has 5 rings (SSSR count). The zero-order valence-corrected chi connectivity index (χ0v) is 21.4. The van der Waals surface area contributed by atoms with Crippen molar-refractivity contribution in [1.82, 2.24) is 5.32 Å². The van der Waals surface area contributed by atoms with Crippen LogP contribution in [0, 0.1) is 3.57 Å². The van der Waals surface area contributed by atoms with Gasteiger partial charge in [-0.25, -0.2) is 0 Å². The van der Waals surface area contributed by atoms with Gasteiger partial charge in [-0.2, -0.15) is 0 Å². The van der Waals surface area contributed by atoms with Gasteiger partial charge in [0.2, 0.25) is 6.79 Å². The predicted molar refractivity (Wildman–Crippen MR) is 143 cm³/mol. The van der Waals surface area contributed by atoms with E-state index in [1.54, 1.807) is 0 Å². The van der Waals surface area contributed by atoms with E-state index >= 15 is 0 Å². The van der Waals surface area contributed by atoms with Crippen LogP contribution in [0.5, 0.6) is 17.2 Å². The molecule has 3 aromatic carbocycles. The molecule has 2 aliphatic heterocycles. The Balaban J connectivity index is 1.21. The Hall–Kier alpha value is -2.85. The van der Waals surface area contributed by atoms with Crippen molar-refractivity contribution in [1.29, 1.82) is 0 Å². The van der Waals surface area contributed by atoms with Crippen LogP contribution in [0.1, 0.15) is 23.6 Å². The molecule has 6 nitrogen and oxygen atoms in total. The third-order valence-corrected chi connectivity index (χ3v) is 7.35. The third kappa shape index (κ3) is 5.28. The lowest BCUT2D eigenvalue weighted by Gasteiger charge is -2.12. The van der Waals surface area contributed by atoms with Gasteiger partial charge in [-0.15, -0.1) is 0 Å². The van der Waals surface area contributed by atoms with E-state index in [2.05, 4.69) is 52.3 Å². The highest BCUT2D eigenvalue weighted by Gasteiger charge is 2.27. The number of aryl methyl sites for hydroxylation is 1. The molecule has 0 aliphatic carbocycles. The van der Waals surface area contributed by atoms with Crippen LogP contribution in [-0.4, -0.2) is 18.2 Å². The fourth-order valence-electron chi connectivity index (χ4n) is 3.62. The molecule has 1 fully saturated rings. The number of ether oxygens (including phenoxy) is 3. The van der Waals surface area contributed by atoms with Gasteiger partial charge in [-0.3, -0.25) is 4.79 Å². The number of amides is 1. The fourth-order valence-corrected chi connectivity index (χ4v) is 5.30. The van der Waals surface area contributed by atoms with Crippen molar-refractivity contribution in [2.75, 3.05) is 12.1 Å². The number of carbonyl (C=O) groups excluding carboxylic acids is 1. The molecule has 0 saturated carbocycles. The van der Waals surface area contributed by atoms with E-state index in [0.717, 1.165) is 44.1 Å². The summed E-state index contributed by atoms with van der Waals surface area (Å²) >= 11 is 3.74. The minimum absolute atomic E-state index is 0.0779. The minimum Gasteiger partial charge on any atom is -0.488 e. The number of halogens is 1. The minimum atomic E-state index is -0.199. The third-order valence-electron chi connectivity index (χ3n) is 5.48. The van der Waals surface area contributed by atoms with E-state index in [1.807, 2.05) is 54.6 Å². The highest BCUT2D eigenvalue weighted by molar-refractivity contribution is 14.1. The normalized spacial score (nSPS) is 17.6. The first kappa shape index (κ1) is 22.9. The average molecular weight is 586 g/mol. The lowest BCUT2D eigenvalue weighted by Crippen LogP contribution is -2.30. The Kier molecular flexibility index (Phi) is 6.87. The van der Waals surface area contributed by atoms with E-state index in [1.165, 1.54) is 17.3 Å². The lowest BCUT2D eigenvalue weighted by molar-refractivity contribution is -0.116. The van der Waals surface area contributed by atoms with Crippen molar-refractivity contribution < 1.29 is 19.0 Å². The maximum atomic E-state index is 12.5. The number of benzene rings is 3. The van der Waals surface area contributed by atoms with E-state index in [4.69, 9.17) is 14.2 Å². The van der Waals surface area contributed by atoms with E-state index in [-0.39, 0.29) is 18.2 Å². The van der Waals surface area contributed by atoms with Gasteiger partial charge >= 0.3 is 0 Å². The maximum absolute atomic E-state index is 12.5. The van der Waals surface area contributed by atoms with Crippen molar-refractivity contribution in [3.05, 3.63) is 85.8 Å². The molecule has 0 radical (unpaired) electrons. The Labute approximate surface area is 216 Å². The summed E-state index contributed by atoms with van der Waals surface area (Å²) in [5, 5.41) is 6.34. The molecule has 0 spiro atoms. The van der Waals surface area contributed by atoms with Gasteiger partial charge in [0.25, 0.3) is 5.91 Å². The Bertz CT molecular complexity index is 1250. The second-order valence-corrected chi connectivity index (χ2v) is 10.2. The summed E-state index contributed by atoms with van der Waals surface area (Å²) in [5.41, 5.74) is 4.02. The molecule has 3 aromatic rings. The summed E-state index contributed by atoms with van der Waals surface area (Å²) in [4.78, 5) is 13.2. The summed E-state index contributed by atoms with van der Waals surface area (Å²) < 4.78 is 17.8. The number of nitrogens with one attached hydrogen (secondary N) is 2. The average Bonchev–Trinajstić information content (AvgIpc) is 3.44. The van der Waals surface area contributed by atoms with Crippen molar-refractivity contribution in [3.63, 3.8) is 0 Å². The number of hydrogen-bond donors (Lipinski definition) is 2. The topological polar surface area (TPSA) is 68.8 Å². The molecule has 2 N–H and O–H groups in total. The summed E-state index contributed by atoms with van der Waals surface area (Å²) in [6, 6.07) is 20.0. The molecular formula is C26H23IN2O4S. The van der Waals surface area contributed by atoms with Gasteiger partial charge in [0, 0.05) is 5.69 Å². The monoisotopic (exact) mass is 586 g/mol. The van der Waals surface area contributed by atoms with Gasteiger partial charge in [0.15, 0.2) is 17.0 Å². The summed E-state index contributed by atoms with van der Waals surface area (Å²) in [7, 11) is 0. The summed E-state index contributed by atoms with van der Waals surface area (Å²) in [6.45, 7) is 2.82. The van der Waals surface area contributed by atoms with Crippen LogP contribution >= 0.6 is 34.4 Å². The van der Waals surface area contributed by atoms with Gasteiger partial charge < -0.3 is 24.8 Å². The second-order valence-electron chi connectivity index (χ2n) is 7.84. The van der Waals surface area contributed by atoms with Crippen LogP contribution in [0.15, 0.2) is 65.6 Å². The number of hydrogen-bond acceptors (Lipinski definition) is 6. The fraction of sp³-hybridized carbons (Fsp3) is 0.192. The largest absolute Gasteiger partial charge is 0.488 e. The molecule has 0 bridgehead atoms. The molecule has 174 valence electrons. The Morgan fingerprint density at radius 1 is 1.09 bits per heavy atom. The standard InChI is InChI=1S/C26H23IN2O4S/c1-2-16-3-7-19(8-4-16)28-26-29-25(30)24(34-26)13-17-5-9-21(20(27)11-17)31-14-18-6-10-22-23(12-18)33-15-32-22/h3-13,26,28H,2,14-15H2,1H3,(H,29,30)/b24-13-/t26-/m0/s1. The van der Waals surface area contributed by atoms with Gasteiger partial charge in [0.1, 0.15) is 12.4 Å². The van der Waals surface area contributed by atoms with Crippen LogP contribution in [0.3, 0.4) is 0 Å². The molecule has 1 saturated heterocycles. The van der Waals surface area contributed by atoms with Crippen LogP contribution in [0.4, 0.5) is 5.69 Å². The molecule has 0 unspecified atom stereocenters. The smallest absolute Gasteiger partial charge is 0.260 e.